The van der Waals surface area contributed by atoms with Gasteiger partial charge in [-0.3, -0.25) is 9.69 Å². The van der Waals surface area contributed by atoms with Gasteiger partial charge in [-0.15, -0.1) is 0 Å². The van der Waals surface area contributed by atoms with Gasteiger partial charge in [0.15, 0.2) is 0 Å². The number of halogens is 1. The highest BCUT2D eigenvalue weighted by atomic mass is 35.5. The molecule has 3 rings (SSSR count). The molecule has 1 N–H and O–H groups in total. The van der Waals surface area contributed by atoms with E-state index in [4.69, 9.17) is 16.3 Å². The fourth-order valence-corrected chi connectivity index (χ4v) is 3.58. The first-order valence-corrected chi connectivity index (χ1v) is 10.2. The van der Waals surface area contributed by atoms with Crippen molar-refractivity contribution in [1.82, 2.24) is 10.2 Å². The van der Waals surface area contributed by atoms with E-state index in [1.54, 1.807) is 0 Å². The van der Waals surface area contributed by atoms with E-state index in [2.05, 4.69) is 21.2 Å². The van der Waals surface area contributed by atoms with E-state index >= 15 is 0 Å². The van der Waals surface area contributed by atoms with Crippen molar-refractivity contribution in [1.29, 1.82) is 0 Å². The summed E-state index contributed by atoms with van der Waals surface area (Å²) in [4.78, 5) is 17.1. The van der Waals surface area contributed by atoms with Gasteiger partial charge in [-0.1, -0.05) is 35.9 Å². The summed E-state index contributed by atoms with van der Waals surface area (Å²) in [6.07, 6.45) is 0. The lowest BCUT2D eigenvalue weighted by atomic mass is 10.1. The molecular weight excluding hydrogens is 374 g/mol. The molecular formula is C22H28ClN3O2. The first-order chi connectivity index (χ1) is 13.6. The van der Waals surface area contributed by atoms with Crippen molar-refractivity contribution in [3.05, 3.63) is 59.1 Å². The van der Waals surface area contributed by atoms with Crippen LogP contribution in [0.3, 0.4) is 0 Å². The maximum absolute atomic E-state index is 12.6. The third-order valence-electron chi connectivity index (χ3n) is 5.13. The number of anilines is 1. The van der Waals surface area contributed by atoms with E-state index in [0.717, 1.165) is 43.2 Å². The minimum absolute atomic E-state index is 0.0538. The number of amides is 1. The van der Waals surface area contributed by atoms with Crippen LogP contribution >= 0.6 is 11.6 Å². The highest BCUT2D eigenvalue weighted by Crippen LogP contribution is 2.29. The Balaban J connectivity index is 1.51. The minimum atomic E-state index is -0.156. The van der Waals surface area contributed by atoms with Gasteiger partial charge in [-0.25, -0.2) is 0 Å². The van der Waals surface area contributed by atoms with Crippen LogP contribution in [0, 0.1) is 0 Å². The molecule has 5 nitrogen and oxygen atoms in total. The molecule has 150 valence electrons. The second-order valence-corrected chi connectivity index (χ2v) is 7.38. The number of nitrogens with one attached hydrogen (secondary N) is 1. The zero-order valence-corrected chi connectivity index (χ0v) is 17.3. The molecule has 6 heteroatoms. The molecule has 1 heterocycles. The van der Waals surface area contributed by atoms with Crippen molar-refractivity contribution in [2.45, 2.75) is 26.4 Å². The molecule has 0 aliphatic carbocycles. The predicted molar refractivity (Wildman–Crippen MR) is 114 cm³/mol. The fraction of sp³-hybridized carbons (Fsp3) is 0.409. The van der Waals surface area contributed by atoms with Gasteiger partial charge in [0.1, 0.15) is 5.75 Å². The molecule has 1 amide bonds. The number of rotatable bonds is 7. The Labute approximate surface area is 172 Å². The Morgan fingerprint density at radius 3 is 2.46 bits per heavy atom. The molecule has 28 heavy (non-hydrogen) atoms. The number of piperazine rings is 1. The largest absolute Gasteiger partial charge is 0.492 e. The summed E-state index contributed by atoms with van der Waals surface area (Å²) in [5.41, 5.74) is 2.17. The summed E-state index contributed by atoms with van der Waals surface area (Å²) in [6.45, 7) is 8.58. The fourth-order valence-electron chi connectivity index (χ4n) is 3.45. The van der Waals surface area contributed by atoms with Crippen LogP contribution in [0.5, 0.6) is 5.75 Å². The smallest absolute Gasteiger partial charge is 0.237 e. The lowest BCUT2D eigenvalue weighted by molar-refractivity contribution is -0.126. The number of hydrogen-bond acceptors (Lipinski definition) is 4. The SMILES string of the molecule is CCOc1ccccc1N1CCN(C(C)C(=O)NCc2ccc(Cl)cc2)CC1. The molecule has 1 atom stereocenters. The minimum Gasteiger partial charge on any atom is -0.492 e. The van der Waals surface area contributed by atoms with E-state index in [1.165, 1.54) is 0 Å². The Morgan fingerprint density at radius 2 is 1.79 bits per heavy atom. The van der Waals surface area contributed by atoms with Crippen LogP contribution in [0.25, 0.3) is 0 Å². The molecule has 0 radical (unpaired) electrons. The van der Waals surface area contributed by atoms with Crippen LogP contribution in [0.1, 0.15) is 19.4 Å². The molecule has 0 bridgehead atoms. The number of carbonyl (C=O) groups is 1. The van der Waals surface area contributed by atoms with Crippen molar-refractivity contribution in [3.63, 3.8) is 0 Å². The van der Waals surface area contributed by atoms with Gasteiger partial charge in [-0.05, 0) is 43.7 Å². The lowest BCUT2D eigenvalue weighted by Crippen LogP contribution is -2.53. The molecule has 0 spiro atoms. The summed E-state index contributed by atoms with van der Waals surface area (Å²) < 4.78 is 5.76. The summed E-state index contributed by atoms with van der Waals surface area (Å²) in [5.74, 6) is 0.977. The number of ether oxygens (including phenoxy) is 1. The van der Waals surface area contributed by atoms with Gasteiger partial charge in [0.2, 0.25) is 5.91 Å². The van der Waals surface area contributed by atoms with Crippen LogP contribution in [-0.4, -0.2) is 49.6 Å². The zero-order valence-electron chi connectivity index (χ0n) is 16.5. The van der Waals surface area contributed by atoms with Gasteiger partial charge in [-0.2, -0.15) is 0 Å². The average Bonchev–Trinajstić information content (AvgIpc) is 2.73. The second kappa shape index (κ2) is 9.80. The Bertz CT molecular complexity index is 774. The monoisotopic (exact) mass is 401 g/mol. The Morgan fingerprint density at radius 1 is 1.11 bits per heavy atom. The maximum Gasteiger partial charge on any atom is 0.237 e. The van der Waals surface area contributed by atoms with Crippen molar-refractivity contribution in [2.24, 2.45) is 0 Å². The molecule has 1 unspecified atom stereocenters. The summed E-state index contributed by atoms with van der Waals surface area (Å²) in [6, 6.07) is 15.5. The number of hydrogen-bond donors (Lipinski definition) is 1. The molecule has 1 fully saturated rings. The topological polar surface area (TPSA) is 44.8 Å². The molecule has 1 saturated heterocycles. The second-order valence-electron chi connectivity index (χ2n) is 6.94. The van der Waals surface area contributed by atoms with E-state index in [1.807, 2.05) is 56.3 Å². The van der Waals surface area contributed by atoms with Crippen LogP contribution in [-0.2, 0) is 11.3 Å². The number of carbonyl (C=O) groups excluding carboxylic acids is 1. The average molecular weight is 402 g/mol. The third kappa shape index (κ3) is 5.18. The van der Waals surface area contributed by atoms with E-state index in [0.29, 0.717) is 18.2 Å². The first kappa shape index (κ1) is 20.5. The molecule has 0 saturated carbocycles. The predicted octanol–water partition coefficient (Wildman–Crippen LogP) is 3.57. The number of benzene rings is 2. The number of nitrogens with zero attached hydrogens (tertiary/aromatic N) is 2. The lowest BCUT2D eigenvalue weighted by Gasteiger charge is -2.39. The van der Waals surface area contributed by atoms with Crippen molar-refractivity contribution in [3.8, 4) is 5.75 Å². The highest BCUT2D eigenvalue weighted by Gasteiger charge is 2.26. The molecule has 2 aromatic carbocycles. The van der Waals surface area contributed by atoms with Gasteiger partial charge >= 0.3 is 0 Å². The van der Waals surface area contributed by atoms with Gasteiger partial charge in [0.05, 0.1) is 18.3 Å². The van der Waals surface area contributed by atoms with Gasteiger partial charge < -0.3 is 15.0 Å². The quantitative estimate of drug-likeness (QED) is 0.770. The zero-order chi connectivity index (χ0) is 19.9. The van der Waals surface area contributed by atoms with Gasteiger partial charge in [0, 0.05) is 37.7 Å². The molecule has 2 aromatic rings. The van der Waals surface area contributed by atoms with Crippen LogP contribution in [0.15, 0.2) is 48.5 Å². The standard InChI is InChI=1S/C22H28ClN3O2/c1-3-28-21-7-5-4-6-20(21)26-14-12-25(13-15-26)17(2)22(27)24-16-18-8-10-19(23)11-9-18/h4-11,17H,3,12-16H2,1-2H3,(H,24,27). The summed E-state index contributed by atoms with van der Waals surface area (Å²) in [5, 5.41) is 3.73. The third-order valence-corrected chi connectivity index (χ3v) is 5.38. The Kier molecular flexibility index (Phi) is 7.18. The molecule has 0 aromatic heterocycles. The first-order valence-electron chi connectivity index (χ1n) is 9.81. The van der Waals surface area contributed by atoms with E-state index < -0.39 is 0 Å². The number of para-hydroxylation sites is 2. The van der Waals surface area contributed by atoms with Gasteiger partial charge in [0.25, 0.3) is 0 Å². The van der Waals surface area contributed by atoms with Crippen LogP contribution < -0.4 is 15.0 Å². The van der Waals surface area contributed by atoms with Crippen LogP contribution in [0.2, 0.25) is 5.02 Å². The maximum atomic E-state index is 12.6. The highest BCUT2D eigenvalue weighted by molar-refractivity contribution is 6.30. The van der Waals surface area contributed by atoms with E-state index in [-0.39, 0.29) is 11.9 Å². The van der Waals surface area contributed by atoms with Crippen LogP contribution in [0.4, 0.5) is 5.69 Å². The summed E-state index contributed by atoms with van der Waals surface area (Å²) >= 11 is 5.90. The Hall–Kier alpha value is -2.24. The van der Waals surface area contributed by atoms with E-state index in [9.17, 15) is 4.79 Å². The molecule has 1 aliphatic heterocycles. The summed E-state index contributed by atoms with van der Waals surface area (Å²) in [7, 11) is 0. The van der Waals surface area contributed by atoms with Crippen molar-refractivity contribution < 1.29 is 9.53 Å². The normalized spacial score (nSPS) is 15.9. The van der Waals surface area contributed by atoms with Crippen molar-refractivity contribution >= 4 is 23.2 Å². The van der Waals surface area contributed by atoms with Crippen molar-refractivity contribution in [2.75, 3.05) is 37.7 Å². The molecule has 1 aliphatic rings.